The summed E-state index contributed by atoms with van der Waals surface area (Å²) in [4.78, 5) is 4.34. The Kier molecular flexibility index (Phi) is 3.22. The SMILES string of the molecule is CCc1nc(C(CC)NC)n[nH]1. The van der Waals surface area contributed by atoms with Crippen molar-refractivity contribution < 1.29 is 0 Å². The minimum absolute atomic E-state index is 0.279. The van der Waals surface area contributed by atoms with Crippen LogP contribution >= 0.6 is 0 Å². The molecule has 0 saturated heterocycles. The second-order valence-electron chi connectivity index (χ2n) is 2.74. The average molecular weight is 168 g/mol. The highest BCUT2D eigenvalue weighted by molar-refractivity contribution is 4.95. The van der Waals surface area contributed by atoms with Crippen LogP contribution in [0.3, 0.4) is 0 Å². The van der Waals surface area contributed by atoms with Crippen molar-refractivity contribution in [1.82, 2.24) is 20.5 Å². The molecule has 0 aliphatic heterocycles. The topological polar surface area (TPSA) is 53.6 Å². The second kappa shape index (κ2) is 4.21. The minimum Gasteiger partial charge on any atom is -0.310 e. The highest BCUT2D eigenvalue weighted by Crippen LogP contribution is 2.10. The third-order valence-corrected chi connectivity index (χ3v) is 1.95. The molecule has 12 heavy (non-hydrogen) atoms. The summed E-state index contributed by atoms with van der Waals surface area (Å²) in [5, 5.41) is 10.2. The Bertz CT molecular complexity index is 227. The van der Waals surface area contributed by atoms with Crippen molar-refractivity contribution in [2.75, 3.05) is 7.05 Å². The molecule has 68 valence electrons. The first-order valence-electron chi connectivity index (χ1n) is 4.40. The van der Waals surface area contributed by atoms with Crippen LogP contribution in [0.25, 0.3) is 0 Å². The van der Waals surface area contributed by atoms with Crippen LogP contribution < -0.4 is 5.32 Å². The van der Waals surface area contributed by atoms with Crippen molar-refractivity contribution in [3.8, 4) is 0 Å². The summed E-state index contributed by atoms with van der Waals surface area (Å²) in [5.41, 5.74) is 0. The molecule has 1 aromatic heterocycles. The standard InChI is InChI=1S/C8H16N4/c1-4-6(9-3)8-10-7(5-2)11-12-8/h6,9H,4-5H2,1-3H3,(H,10,11,12). The lowest BCUT2D eigenvalue weighted by Crippen LogP contribution is -2.16. The molecule has 1 rings (SSSR count). The van der Waals surface area contributed by atoms with Crippen LogP contribution in [0.4, 0.5) is 0 Å². The van der Waals surface area contributed by atoms with Crippen LogP contribution in [-0.4, -0.2) is 22.2 Å². The fraction of sp³-hybridized carbons (Fsp3) is 0.750. The quantitative estimate of drug-likeness (QED) is 0.706. The fourth-order valence-corrected chi connectivity index (χ4v) is 1.14. The van der Waals surface area contributed by atoms with Gasteiger partial charge in [0.25, 0.3) is 0 Å². The maximum atomic E-state index is 4.34. The molecular formula is C8H16N4. The summed E-state index contributed by atoms with van der Waals surface area (Å²) in [7, 11) is 1.93. The second-order valence-corrected chi connectivity index (χ2v) is 2.74. The fourth-order valence-electron chi connectivity index (χ4n) is 1.14. The van der Waals surface area contributed by atoms with Crippen molar-refractivity contribution in [1.29, 1.82) is 0 Å². The molecule has 0 bridgehead atoms. The number of aromatic amines is 1. The first-order valence-corrected chi connectivity index (χ1v) is 4.40. The predicted octanol–water partition coefficient (Wildman–Crippen LogP) is 1.04. The van der Waals surface area contributed by atoms with Crippen molar-refractivity contribution >= 4 is 0 Å². The Labute approximate surface area is 72.8 Å². The van der Waals surface area contributed by atoms with E-state index < -0.39 is 0 Å². The molecule has 4 heteroatoms. The van der Waals surface area contributed by atoms with Gasteiger partial charge in [-0.2, -0.15) is 5.10 Å². The molecular weight excluding hydrogens is 152 g/mol. The van der Waals surface area contributed by atoms with Gasteiger partial charge in [-0.05, 0) is 13.5 Å². The summed E-state index contributed by atoms with van der Waals surface area (Å²) in [6.45, 7) is 4.17. The van der Waals surface area contributed by atoms with Gasteiger partial charge in [-0.15, -0.1) is 0 Å². The maximum absolute atomic E-state index is 4.34. The van der Waals surface area contributed by atoms with E-state index in [9.17, 15) is 0 Å². The van der Waals surface area contributed by atoms with Gasteiger partial charge in [0.1, 0.15) is 5.82 Å². The van der Waals surface area contributed by atoms with Gasteiger partial charge in [0, 0.05) is 6.42 Å². The van der Waals surface area contributed by atoms with Crippen LogP contribution in [0, 0.1) is 0 Å². The Morgan fingerprint density at radius 1 is 1.50 bits per heavy atom. The highest BCUT2D eigenvalue weighted by Gasteiger charge is 2.11. The van der Waals surface area contributed by atoms with Gasteiger partial charge in [0.2, 0.25) is 0 Å². The van der Waals surface area contributed by atoms with Crippen LogP contribution in [0.5, 0.6) is 0 Å². The first kappa shape index (κ1) is 9.19. The van der Waals surface area contributed by atoms with E-state index in [1.165, 1.54) is 0 Å². The van der Waals surface area contributed by atoms with E-state index in [4.69, 9.17) is 0 Å². The van der Waals surface area contributed by atoms with E-state index in [-0.39, 0.29) is 6.04 Å². The summed E-state index contributed by atoms with van der Waals surface area (Å²) >= 11 is 0. The molecule has 0 fully saturated rings. The Morgan fingerprint density at radius 3 is 2.67 bits per heavy atom. The van der Waals surface area contributed by atoms with Gasteiger partial charge in [-0.3, -0.25) is 5.10 Å². The van der Waals surface area contributed by atoms with Crippen LogP contribution in [0.2, 0.25) is 0 Å². The van der Waals surface area contributed by atoms with Crippen molar-refractivity contribution in [3.05, 3.63) is 11.6 Å². The summed E-state index contributed by atoms with van der Waals surface area (Å²) in [6, 6.07) is 0.279. The van der Waals surface area contributed by atoms with E-state index in [0.717, 1.165) is 24.5 Å². The zero-order valence-corrected chi connectivity index (χ0v) is 7.89. The molecule has 0 aromatic carbocycles. The third kappa shape index (κ3) is 1.82. The van der Waals surface area contributed by atoms with E-state index >= 15 is 0 Å². The normalized spacial score (nSPS) is 13.2. The van der Waals surface area contributed by atoms with Gasteiger partial charge in [0.05, 0.1) is 6.04 Å². The van der Waals surface area contributed by atoms with Crippen LogP contribution in [-0.2, 0) is 6.42 Å². The average Bonchev–Trinajstić information content (AvgIpc) is 2.55. The monoisotopic (exact) mass is 168 g/mol. The summed E-state index contributed by atoms with van der Waals surface area (Å²) < 4.78 is 0. The van der Waals surface area contributed by atoms with Gasteiger partial charge in [-0.25, -0.2) is 4.98 Å². The van der Waals surface area contributed by atoms with E-state index in [2.05, 4.69) is 34.3 Å². The summed E-state index contributed by atoms with van der Waals surface area (Å²) in [6.07, 6.45) is 1.92. The zero-order valence-electron chi connectivity index (χ0n) is 7.89. The molecule has 1 atom stereocenters. The Hall–Kier alpha value is -0.900. The van der Waals surface area contributed by atoms with Gasteiger partial charge >= 0.3 is 0 Å². The lowest BCUT2D eigenvalue weighted by molar-refractivity contribution is 0.546. The molecule has 4 nitrogen and oxygen atoms in total. The van der Waals surface area contributed by atoms with E-state index in [0.29, 0.717) is 0 Å². The van der Waals surface area contributed by atoms with Crippen molar-refractivity contribution in [2.24, 2.45) is 0 Å². The molecule has 1 heterocycles. The molecule has 0 saturated carbocycles. The Morgan fingerprint density at radius 2 is 2.25 bits per heavy atom. The maximum Gasteiger partial charge on any atom is 0.167 e. The van der Waals surface area contributed by atoms with E-state index in [1.54, 1.807) is 0 Å². The number of aryl methyl sites for hydroxylation is 1. The molecule has 0 aliphatic rings. The molecule has 1 aromatic rings. The largest absolute Gasteiger partial charge is 0.310 e. The smallest absolute Gasteiger partial charge is 0.167 e. The minimum atomic E-state index is 0.279. The number of nitrogens with zero attached hydrogens (tertiary/aromatic N) is 2. The van der Waals surface area contributed by atoms with Gasteiger partial charge in [-0.1, -0.05) is 13.8 Å². The van der Waals surface area contributed by atoms with Crippen LogP contribution in [0.1, 0.15) is 38.0 Å². The molecule has 0 aliphatic carbocycles. The molecule has 1 unspecified atom stereocenters. The molecule has 0 spiro atoms. The summed E-state index contributed by atoms with van der Waals surface area (Å²) in [5.74, 6) is 1.83. The number of nitrogens with one attached hydrogen (secondary N) is 2. The third-order valence-electron chi connectivity index (χ3n) is 1.95. The zero-order chi connectivity index (χ0) is 8.97. The molecule has 0 radical (unpaired) electrons. The molecule has 2 N–H and O–H groups in total. The van der Waals surface area contributed by atoms with E-state index in [1.807, 2.05) is 7.05 Å². The highest BCUT2D eigenvalue weighted by atomic mass is 15.2. The number of rotatable bonds is 4. The predicted molar refractivity (Wildman–Crippen MR) is 47.9 cm³/mol. The number of H-pyrrole nitrogens is 1. The van der Waals surface area contributed by atoms with Crippen molar-refractivity contribution in [3.63, 3.8) is 0 Å². The lowest BCUT2D eigenvalue weighted by atomic mass is 10.2. The number of hydrogen-bond donors (Lipinski definition) is 2. The van der Waals surface area contributed by atoms with Gasteiger partial charge < -0.3 is 5.32 Å². The van der Waals surface area contributed by atoms with Gasteiger partial charge in [0.15, 0.2) is 5.82 Å². The Balaban J connectivity index is 2.72. The first-order chi connectivity index (χ1) is 5.81. The lowest BCUT2D eigenvalue weighted by Gasteiger charge is -2.07. The van der Waals surface area contributed by atoms with Crippen molar-refractivity contribution in [2.45, 2.75) is 32.7 Å². The molecule has 0 amide bonds. The number of hydrogen-bond acceptors (Lipinski definition) is 3. The number of aromatic nitrogens is 3. The van der Waals surface area contributed by atoms with Crippen LogP contribution in [0.15, 0.2) is 0 Å².